The Labute approximate surface area is 94.1 Å². The van der Waals surface area contributed by atoms with E-state index in [-0.39, 0.29) is 0 Å². The smallest absolute Gasteiger partial charge is 0.0390 e. The molecule has 1 fully saturated rings. The molecule has 0 amide bonds. The molecular formula is C13H15NS. The van der Waals surface area contributed by atoms with E-state index in [9.17, 15) is 0 Å². The Bertz CT molecular complexity index is 470. The summed E-state index contributed by atoms with van der Waals surface area (Å²) in [5.41, 5.74) is 1.45. The number of hydrogen-bond donors (Lipinski definition) is 1. The second-order valence-electron chi connectivity index (χ2n) is 4.35. The lowest BCUT2D eigenvalue weighted by atomic mass is 10.1. The first kappa shape index (κ1) is 9.37. The Balaban J connectivity index is 1.97. The van der Waals surface area contributed by atoms with Crippen LogP contribution in [0.5, 0.6) is 0 Å². The van der Waals surface area contributed by atoms with Crippen LogP contribution in [-0.4, -0.2) is 6.04 Å². The summed E-state index contributed by atoms with van der Waals surface area (Å²) in [7, 11) is 0. The predicted octanol–water partition coefficient (Wildman–Crippen LogP) is 3.71. The fraction of sp³-hybridized carbons (Fsp3) is 0.385. The van der Waals surface area contributed by atoms with Crippen molar-refractivity contribution in [2.24, 2.45) is 0 Å². The highest BCUT2D eigenvalue weighted by molar-refractivity contribution is 7.17. The second-order valence-corrected chi connectivity index (χ2v) is 5.26. The van der Waals surface area contributed by atoms with Crippen molar-refractivity contribution < 1.29 is 0 Å². The van der Waals surface area contributed by atoms with Gasteiger partial charge in [0.1, 0.15) is 0 Å². The van der Waals surface area contributed by atoms with Gasteiger partial charge in [-0.1, -0.05) is 18.2 Å². The van der Waals surface area contributed by atoms with Crippen LogP contribution in [0.1, 0.15) is 31.4 Å². The molecule has 0 bridgehead atoms. The molecule has 2 aromatic rings. The van der Waals surface area contributed by atoms with Gasteiger partial charge in [0.05, 0.1) is 0 Å². The molecule has 0 saturated heterocycles. The maximum atomic E-state index is 3.66. The van der Waals surface area contributed by atoms with E-state index in [1.807, 2.05) is 11.3 Å². The molecule has 15 heavy (non-hydrogen) atoms. The molecule has 1 aromatic heterocycles. The summed E-state index contributed by atoms with van der Waals surface area (Å²) in [6, 6.07) is 10.1. The van der Waals surface area contributed by atoms with Crippen molar-refractivity contribution in [1.29, 1.82) is 0 Å². The van der Waals surface area contributed by atoms with Gasteiger partial charge in [0.25, 0.3) is 0 Å². The van der Waals surface area contributed by atoms with Gasteiger partial charge in [-0.05, 0) is 42.2 Å². The molecule has 1 aliphatic rings. The average molecular weight is 217 g/mol. The minimum absolute atomic E-state index is 0.486. The third-order valence-corrected chi connectivity index (χ3v) is 4.02. The molecule has 1 N–H and O–H groups in total. The summed E-state index contributed by atoms with van der Waals surface area (Å²) in [6.07, 6.45) is 2.70. The maximum absolute atomic E-state index is 3.66. The van der Waals surface area contributed by atoms with Gasteiger partial charge in [-0.2, -0.15) is 0 Å². The number of hydrogen-bond acceptors (Lipinski definition) is 2. The van der Waals surface area contributed by atoms with E-state index in [1.165, 1.54) is 28.5 Å². The van der Waals surface area contributed by atoms with E-state index in [4.69, 9.17) is 0 Å². The van der Waals surface area contributed by atoms with Crippen molar-refractivity contribution in [2.45, 2.75) is 31.8 Å². The molecule has 0 unspecified atom stereocenters. The summed E-state index contributed by atoms with van der Waals surface area (Å²) in [4.78, 5) is 0. The van der Waals surface area contributed by atoms with Gasteiger partial charge >= 0.3 is 0 Å². The van der Waals surface area contributed by atoms with Gasteiger partial charge in [0, 0.05) is 16.8 Å². The van der Waals surface area contributed by atoms with Crippen molar-refractivity contribution in [3.8, 4) is 0 Å². The zero-order valence-electron chi connectivity index (χ0n) is 8.86. The van der Waals surface area contributed by atoms with Crippen molar-refractivity contribution in [3.63, 3.8) is 0 Å². The van der Waals surface area contributed by atoms with Crippen molar-refractivity contribution in [2.75, 3.05) is 0 Å². The quantitative estimate of drug-likeness (QED) is 0.826. The van der Waals surface area contributed by atoms with Crippen molar-refractivity contribution in [1.82, 2.24) is 5.32 Å². The van der Waals surface area contributed by atoms with Crippen LogP contribution in [0.2, 0.25) is 0 Å². The molecule has 0 radical (unpaired) electrons. The molecule has 78 valence electrons. The zero-order chi connectivity index (χ0) is 10.3. The maximum Gasteiger partial charge on any atom is 0.0390 e. The minimum Gasteiger partial charge on any atom is -0.307 e. The Morgan fingerprint density at radius 2 is 2.20 bits per heavy atom. The molecule has 3 rings (SSSR count). The Morgan fingerprint density at radius 1 is 1.33 bits per heavy atom. The van der Waals surface area contributed by atoms with Crippen LogP contribution in [-0.2, 0) is 0 Å². The largest absolute Gasteiger partial charge is 0.307 e. The summed E-state index contributed by atoms with van der Waals surface area (Å²) < 4.78 is 1.44. The number of thiophene rings is 1. The Morgan fingerprint density at radius 3 is 3.00 bits per heavy atom. The van der Waals surface area contributed by atoms with E-state index in [0.29, 0.717) is 6.04 Å². The normalized spacial score (nSPS) is 18.2. The first-order valence-electron chi connectivity index (χ1n) is 5.57. The fourth-order valence-electron chi connectivity index (χ4n) is 2.05. The summed E-state index contributed by atoms with van der Waals surface area (Å²) in [5, 5.41) is 7.21. The fourth-order valence-corrected chi connectivity index (χ4v) is 3.05. The molecule has 0 aliphatic heterocycles. The third-order valence-electron chi connectivity index (χ3n) is 3.04. The van der Waals surface area contributed by atoms with Crippen LogP contribution in [0.3, 0.4) is 0 Å². The van der Waals surface area contributed by atoms with Gasteiger partial charge in [0.2, 0.25) is 0 Å². The van der Waals surface area contributed by atoms with E-state index in [0.717, 1.165) is 6.04 Å². The molecule has 1 heterocycles. The van der Waals surface area contributed by atoms with E-state index >= 15 is 0 Å². The van der Waals surface area contributed by atoms with E-state index < -0.39 is 0 Å². The molecule has 1 atom stereocenters. The van der Waals surface area contributed by atoms with Crippen LogP contribution in [0.15, 0.2) is 29.6 Å². The summed E-state index contributed by atoms with van der Waals surface area (Å²) in [6.45, 7) is 2.27. The van der Waals surface area contributed by atoms with Gasteiger partial charge in [-0.15, -0.1) is 11.3 Å². The summed E-state index contributed by atoms with van der Waals surface area (Å²) >= 11 is 1.85. The number of benzene rings is 1. The van der Waals surface area contributed by atoms with Gasteiger partial charge in [0.15, 0.2) is 0 Å². The number of rotatable bonds is 3. The monoisotopic (exact) mass is 217 g/mol. The lowest BCUT2D eigenvalue weighted by molar-refractivity contribution is 0.575. The topological polar surface area (TPSA) is 12.0 Å². The standard InChI is InChI=1S/C13H15NS/c1-9(14-11-5-6-11)12-4-2-3-10-7-8-15-13(10)12/h2-4,7-9,11,14H,5-6H2,1H3/t9-/m1/s1. The van der Waals surface area contributed by atoms with Gasteiger partial charge < -0.3 is 5.32 Å². The average Bonchev–Trinajstić information content (AvgIpc) is 2.93. The summed E-state index contributed by atoms with van der Waals surface area (Å²) in [5.74, 6) is 0. The second kappa shape index (κ2) is 3.62. The van der Waals surface area contributed by atoms with Crippen LogP contribution >= 0.6 is 11.3 Å². The molecule has 1 nitrogen and oxygen atoms in total. The molecule has 1 aromatic carbocycles. The van der Waals surface area contributed by atoms with Gasteiger partial charge in [-0.25, -0.2) is 0 Å². The molecule has 1 aliphatic carbocycles. The lowest BCUT2D eigenvalue weighted by Crippen LogP contribution is -2.20. The highest BCUT2D eigenvalue weighted by Gasteiger charge is 2.23. The Hall–Kier alpha value is -0.860. The minimum atomic E-state index is 0.486. The van der Waals surface area contributed by atoms with E-state index in [2.05, 4.69) is 41.9 Å². The highest BCUT2D eigenvalue weighted by atomic mass is 32.1. The molecule has 0 spiro atoms. The number of fused-ring (bicyclic) bond motifs is 1. The molecule has 1 saturated carbocycles. The lowest BCUT2D eigenvalue weighted by Gasteiger charge is -2.14. The highest BCUT2D eigenvalue weighted by Crippen LogP contribution is 2.31. The van der Waals surface area contributed by atoms with Crippen LogP contribution < -0.4 is 5.32 Å². The third kappa shape index (κ3) is 1.80. The van der Waals surface area contributed by atoms with E-state index in [1.54, 1.807) is 0 Å². The van der Waals surface area contributed by atoms with Crippen molar-refractivity contribution >= 4 is 21.4 Å². The predicted molar refractivity (Wildman–Crippen MR) is 66.4 cm³/mol. The molecular weight excluding hydrogens is 202 g/mol. The zero-order valence-corrected chi connectivity index (χ0v) is 9.68. The molecule has 2 heteroatoms. The SMILES string of the molecule is C[C@@H](NC1CC1)c1cccc2ccsc12. The first-order chi connectivity index (χ1) is 7.34. The Kier molecular flexibility index (Phi) is 2.26. The van der Waals surface area contributed by atoms with Gasteiger partial charge in [-0.3, -0.25) is 0 Å². The first-order valence-corrected chi connectivity index (χ1v) is 6.45. The number of nitrogens with one attached hydrogen (secondary N) is 1. The van der Waals surface area contributed by atoms with Crippen LogP contribution in [0.25, 0.3) is 10.1 Å². The van der Waals surface area contributed by atoms with Crippen LogP contribution in [0, 0.1) is 0 Å². The van der Waals surface area contributed by atoms with Crippen LogP contribution in [0.4, 0.5) is 0 Å². The van der Waals surface area contributed by atoms with Crippen molar-refractivity contribution in [3.05, 3.63) is 35.2 Å².